The predicted molar refractivity (Wildman–Crippen MR) is 68.0 cm³/mol. The van der Waals surface area contributed by atoms with Gasteiger partial charge in [0.2, 0.25) is 0 Å². The molecule has 0 aromatic heterocycles. The molecule has 2 N–H and O–H groups in total. The van der Waals surface area contributed by atoms with E-state index in [1.165, 1.54) is 0 Å². The van der Waals surface area contributed by atoms with Gasteiger partial charge < -0.3 is 14.9 Å². The van der Waals surface area contributed by atoms with Gasteiger partial charge in [0.05, 0.1) is 13.0 Å². The molecule has 1 atom stereocenters. The van der Waals surface area contributed by atoms with E-state index in [4.69, 9.17) is 9.84 Å². The third-order valence-corrected chi connectivity index (χ3v) is 2.56. The third kappa shape index (κ3) is 4.47. The molecule has 4 nitrogen and oxygen atoms in total. The molecule has 4 heteroatoms. The molecule has 0 aliphatic heterocycles. The molecule has 1 aromatic carbocycles. The summed E-state index contributed by atoms with van der Waals surface area (Å²) in [7, 11) is 0. The molecule has 1 unspecified atom stereocenters. The number of benzene rings is 1. The lowest BCUT2D eigenvalue weighted by molar-refractivity contribution is -0.223. The van der Waals surface area contributed by atoms with Crippen LogP contribution in [0.5, 0.6) is 0 Å². The number of ether oxygens (including phenoxy) is 1. The van der Waals surface area contributed by atoms with Crippen LogP contribution in [0.15, 0.2) is 30.3 Å². The summed E-state index contributed by atoms with van der Waals surface area (Å²) in [5.74, 6) is -2.20. The number of carbonyl (C=O) groups is 1. The van der Waals surface area contributed by atoms with Crippen LogP contribution in [-0.4, -0.2) is 22.8 Å². The Kier molecular flexibility index (Phi) is 5.31. The standard InChI is InChI=1S/C14H20O4/c1-11(2)10-18-14(17,9-8-13(15)16)12-6-4-3-5-7-12/h3-7,11,17H,8-10H2,1-2H3,(H,15,16). The van der Waals surface area contributed by atoms with E-state index >= 15 is 0 Å². The van der Waals surface area contributed by atoms with Crippen LogP contribution < -0.4 is 0 Å². The van der Waals surface area contributed by atoms with Gasteiger partial charge >= 0.3 is 5.97 Å². The van der Waals surface area contributed by atoms with Crippen molar-refractivity contribution in [3.8, 4) is 0 Å². The number of hydrogen-bond donors (Lipinski definition) is 2. The Morgan fingerprint density at radius 1 is 1.33 bits per heavy atom. The highest BCUT2D eigenvalue weighted by molar-refractivity contribution is 5.66. The molecule has 0 spiro atoms. The van der Waals surface area contributed by atoms with Gasteiger partial charge in [-0.1, -0.05) is 44.2 Å². The molecular formula is C14H20O4. The van der Waals surface area contributed by atoms with Gasteiger partial charge in [-0.25, -0.2) is 0 Å². The highest BCUT2D eigenvalue weighted by Crippen LogP contribution is 2.28. The van der Waals surface area contributed by atoms with Crippen molar-refractivity contribution in [2.24, 2.45) is 5.92 Å². The maximum atomic E-state index is 10.6. The smallest absolute Gasteiger partial charge is 0.303 e. The zero-order valence-corrected chi connectivity index (χ0v) is 10.8. The van der Waals surface area contributed by atoms with Gasteiger partial charge in [0.25, 0.3) is 0 Å². The molecule has 0 aliphatic carbocycles. The molecule has 0 radical (unpaired) electrons. The zero-order chi connectivity index (χ0) is 13.6. The summed E-state index contributed by atoms with van der Waals surface area (Å²) in [6.45, 7) is 4.33. The van der Waals surface area contributed by atoms with Crippen molar-refractivity contribution >= 4 is 5.97 Å². The van der Waals surface area contributed by atoms with Gasteiger partial charge in [0.1, 0.15) is 0 Å². The average molecular weight is 252 g/mol. The summed E-state index contributed by atoms with van der Waals surface area (Å²) in [6, 6.07) is 8.90. The van der Waals surface area contributed by atoms with E-state index in [2.05, 4.69) is 0 Å². The molecule has 0 heterocycles. The van der Waals surface area contributed by atoms with Crippen molar-refractivity contribution in [2.45, 2.75) is 32.5 Å². The predicted octanol–water partition coefficient (Wildman–Crippen LogP) is 2.37. The summed E-state index contributed by atoms with van der Waals surface area (Å²) in [6.07, 6.45) is -0.0947. The van der Waals surface area contributed by atoms with E-state index in [1.807, 2.05) is 19.9 Å². The monoisotopic (exact) mass is 252 g/mol. The molecule has 0 saturated heterocycles. The van der Waals surface area contributed by atoms with Crippen molar-refractivity contribution in [2.75, 3.05) is 6.61 Å². The van der Waals surface area contributed by atoms with E-state index in [9.17, 15) is 9.90 Å². The summed E-state index contributed by atoms with van der Waals surface area (Å²) in [5.41, 5.74) is 0.590. The Balaban J connectivity index is 2.82. The molecule has 0 fully saturated rings. The average Bonchev–Trinajstić information content (AvgIpc) is 2.35. The SMILES string of the molecule is CC(C)COC(O)(CCC(=O)O)c1ccccc1. The Bertz CT molecular complexity index is 375. The lowest BCUT2D eigenvalue weighted by Gasteiger charge is -2.29. The molecule has 0 saturated carbocycles. The van der Waals surface area contributed by atoms with Crippen LogP contribution in [0.25, 0.3) is 0 Å². The maximum absolute atomic E-state index is 10.6. The number of carboxylic acids is 1. The summed E-state index contributed by atoms with van der Waals surface area (Å²) in [4.78, 5) is 10.6. The topological polar surface area (TPSA) is 66.8 Å². The van der Waals surface area contributed by atoms with Crippen molar-refractivity contribution in [3.63, 3.8) is 0 Å². The van der Waals surface area contributed by atoms with E-state index in [0.29, 0.717) is 12.2 Å². The Morgan fingerprint density at radius 2 is 1.94 bits per heavy atom. The molecular weight excluding hydrogens is 232 g/mol. The van der Waals surface area contributed by atoms with Gasteiger partial charge in [-0.3, -0.25) is 4.79 Å². The minimum Gasteiger partial charge on any atom is -0.481 e. The second-order valence-corrected chi connectivity index (χ2v) is 4.75. The first-order chi connectivity index (χ1) is 8.44. The number of aliphatic carboxylic acids is 1. The van der Waals surface area contributed by atoms with Gasteiger partial charge in [-0.05, 0) is 5.92 Å². The van der Waals surface area contributed by atoms with Crippen molar-refractivity contribution < 1.29 is 19.7 Å². The van der Waals surface area contributed by atoms with E-state index in [0.717, 1.165) is 0 Å². The van der Waals surface area contributed by atoms with Gasteiger partial charge in [-0.15, -0.1) is 0 Å². The van der Waals surface area contributed by atoms with Crippen LogP contribution in [0, 0.1) is 5.92 Å². The number of hydrogen-bond acceptors (Lipinski definition) is 3. The fraction of sp³-hybridized carbons (Fsp3) is 0.500. The molecule has 100 valence electrons. The first-order valence-corrected chi connectivity index (χ1v) is 6.07. The van der Waals surface area contributed by atoms with Crippen molar-refractivity contribution in [3.05, 3.63) is 35.9 Å². The van der Waals surface area contributed by atoms with Gasteiger partial charge in [0, 0.05) is 12.0 Å². The number of carboxylic acid groups (broad SMARTS) is 1. The highest BCUT2D eigenvalue weighted by atomic mass is 16.6. The van der Waals surface area contributed by atoms with Crippen LogP contribution in [0.4, 0.5) is 0 Å². The lowest BCUT2D eigenvalue weighted by Crippen LogP contribution is -2.31. The van der Waals surface area contributed by atoms with E-state index in [1.54, 1.807) is 24.3 Å². The highest BCUT2D eigenvalue weighted by Gasteiger charge is 2.31. The van der Waals surface area contributed by atoms with Crippen LogP contribution in [0.1, 0.15) is 32.3 Å². The first kappa shape index (κ1) is 14.7. The molecule has 18 heavy (non-hydrogen) atoms. The molecule has 1 rings (SSSR count). The quantitative estimate of drug-likeness (QED) is 0.731. The fourth-order valence-corrected chi connectivity index (χ4v) is 1.58. The molecule has 0 bridgehead atoms. The van der Waals surface area contributed by atoms with Crippen LogP contribution in [-0.2, 0) is 15.3 Å². The third-order valence-electron chi connectivity index (χ3n) is 2.56. The molecule has 0 amide bonds. The van der Waals surface area contributed by atoms with Crippen LogP contribution in [0.2, 0.25) is 0 Å². The van der Waals surface area contributed by atoms with Crippen molar-refractivity contribution in [1.29, 1.82) is 0 Å². The summed E-state index contributed by atoms with van der Waals surface area (Å²) >= 11 is 0. The summed E-state index contributed by atoms with van der Waals surface area (Å²) < 4.78 is 5.52. The van der Waals surface area contributed by atoms with Crippen LogP contribution in [0.3, 0.4) is 0 Å². The minimum absolute atomic E-state index is 0.0407. The summed E-state index contributed by atoms with van der Waals surface area (Å²) in [5, 5.41) is 19.2. The molecule has 0 aliphatic rings. The number of aliphatic hydroxyl groups is 1. The van der Waals surface area contributed by atoms with Crippen molar-refractivity contribution in [1.82, 2.24) is 0 Å². The van der Waals surface area contributed by atoms with E-state index < -0.39 is 11.8 Å². The Morgan fingerprint density at radius 3 is 2.44 bits per heavy atom. The number of rotatable bonds is 7. The lowest BCUT2D eigenvalue weighted by atomic mass is 10.0. The second-order valence-electron chi connectivity index (χ2n) is 4.75. The second kappa shape index (κ2) is 6.52. The largest absolute Gasteiger partial charge is 0.481 e. The Labute approximate surface area is 107 Å². The normalized spacial score (nSPS) is 14.4. The fourth-order valence-electron chi connectivity index (χ4n) is 1.58. The van der Waals surface area contributed by atoms with Gasteiger partial charge in [-0.2, -0.15) is 0 Å². The van der Waals surface area contributed by atoms with Gasteiger partial charge in [0.15, 0.2) is 5.79 Å². The minimum atomic E-state index is -1.52. The maximum Gasteiger partial charge on any atom is 0.303 e. The molecule has 1 aromatic rings. The van der Waals surface area contributed by atoms with Crippen LogP contribution >= 0.6 is 0 Å². The van der Waals surface area contributed by atoms with E-state index in [-0.39, 0.29) is 18.8 Å². The first-order valence-electron chi connectivity index (χ1n) is 6.07. The zero-order valence-electron chi connectivity index (χ0n) is 10.8. The Hall–Kier alpha value is -1.39.